The second-order valence-corrected chi connectivity index (χ2v) is 4.60. The van der Waals surface area contributed by atoms with Gasteiger partial charge < -0.3 is 14.6 Å². The Balaban J connectivity index is 2.13. The molecule has 0 aliphatic heterocycles. The number of pyridine rings is 1. The first kappa shape index (κ1) is 14.1. The number of carbonyl (C=O) groups excluding carboxylic acids is 1. The van der Waals surface area contributed by atoms with Crippen LogP contribution in [0.1, 0.15) is 12.0 Å². The molecule has 1 N–H and O–H groups in total. The van der Waals surface area contributed by atoms with Crippen LogP contribution in [0.3, 0.4) is 0 Å². The molecule has 2 rings (SSSR count). The molecule has 0 atom stereocenters. The monoisotopic (exact) mass is 273 g/mol. The van der Waals surface area contributed by atoms with Gasteiger partial charge in [0.1, 0.15) is 11.4 Å². The number of rotatable bonds is 6. The number of nitrogens with one attached hydrogen (secondary N) is 1. The van der Waals surface area contributed by atoms with Gasteiger partial charge in [0, 0.05) is 31.6 Å². The molecule has 106 valence electrons. The Bertz CT molecular complexity index is 631. The van der Waals surface area contributed by atoms with Crippen LogP contribution >= 0.6 is 0 Å². The number of methoxy groups -OCH3 is 1. The molecule has 0 radical (unpaired) electrons. The number of aromatic nitrogens is 2. The quantitative estimate of drug-likeness (QED) is 0.817. The molecule has 2 heterocycles. The number of hydrogen-bond donors (Lipinski definition) is 1. The molecular formula is C15H19N3O2. The topological polar surface area (TPSA) is 56.2 Å². The van der Waals surface area contributed by atoms with Crippen LogP contribution in [-0.2, 0) is 18.3 Å². The summed E-state index contributed by atoms with van der Waals surface area (Å²) in [6, 6.07) is 1.98. The van der Waals surface area contributed by atoms with Gasteiger partial charge in [0.05, 0.1) is 13.3 Å². The van der Waals surface area contributed by atoms with Crippen molar-refractivity contribution < 1.29 is 9.53 Å². The first-order valence-electron chi connectivity index (χ1n) is 6.51. The molecule has 0 unspecified atom stereocenters. The van der Waals surface area contributed by atoms with Crippen molar-refractivity contribution in [2.24, 2.45) is 7.05 Å². The highest BCUT2D eigenvalue weighted by Crippen LogP contribution is 2.23. The summed E-state index contributed by atoms with van der Waals surface area (Å²) in [5.74, 6) is 0.733. The van der Waals surface area contributed by atoms with Gasteiger partial charge in [-0.1, -0.05) is 6.08 Å². The van der Waals surface area contributed by atoms with Crippen molar-refractivity contribution in [3.8, 4) is 5.75 Å². The first-order valence-corrected chi connectivity index (χ1v) is 6.51. The molecule has 0 aromatic carbocycles. The van der Waals surface area contributed by atoms with Crippen LogP contribution in [0.25, 0.3) is 11.0 Å². The molecule has 0 saturated carbocycles. The van der Waals surface area contributed by atoms with Gasteiger partial charge >= 0.3 is 0 Å². The number of ether oxygens (including phenoxy) is 1. The van der Waals surface area contributed by atoms with Crippen LogP contribution in [0, 0.1) is 0 Å². The summed E-state index contributed by atoms with van der Waals surface area (Å²) >= 11 is 0. The van der Waals surface area contributed by atoms with Crippen LogP contribution in [-0.4, -0.2) is 29.1 Å². The van der Waals surface area contributed by atoms with Crippen LogP contribution < -0.4 is 10.1 Å². The summed E-state index contributed by atoms with van der Waals surface area (Å²) < 4.78 is 7.19. The molecule has 0 aliphatic carbocycles. The number of hydrogen-bond acceptors (Lipinski definition) is 3. The summed E-state index contributed by atoms with van der Waals surface area (Å²) in [5.41, 5.74) is 2.06. The number of aryl methyl sites for hydroxylation is 1. The maximum Gasteiger partial charge on any atom is 0.223 e. The fraction of sp³-hybridized carbons (Fsp3) is 0.333. The fourth-order valence-electron chi connectivity index (χ4n) is 2.17. The second kappa shape index (κ2) is 6.23. The van der Waals surface area contributed by atoms with Crippen molar-refractivity contribution in [2.75, 3.05) is 13.7 Å². The van der Waals surface area contributed by atoms with Crippen molar-refractivity contribution in [2.45, 2.75) is 12.8 Å². The third-order valence-electron chi connectivity index (χ3n) is 3.15. The summed E-state index contributed by atoms with van der Waals surface area (Å²) in [6.07, 6.45) is 6.46. The average molecular weight is 273 g/mol. The Morgan fingerprint density at radius 3 is 3.10 bits per heavy atom. The lowest BCUT2D eigenvalue weighted by molar-refractivity contribution is -0.120. The molecule has 2 aromatic heterocycles. The first-order chi connectivity index (χ1) is 9.65. The van der Waals surface area contributed by atoms with Gasteiger partial charge in [-0.3, -0.25) is 4.79 Å². The zero-order chi connectivity index (χ0) is 14.5. The van der Waals surface area contributed by atoms with Crippen molar-refractivity contribution in [3.63, 3.8) is 0 Å². The summed E-state index contributed by atoms with van der Waals surface area (Å²) in [7, 11) is 3.59. The van der Waals surface area contributed by atoms with Gasteiger partial charge in [0.25, 0.3) is 0 Å². The predicted molar refractivity (Wildman–Crippen MR) is 78.8 cm³/mol. The highest BCUT2D eigenvalue weighted by Gasteiger charge is 2.09. The van der Waals surface area contributed by atoms with Crippen LogP contribution in [0.4, 0.5) is 0 Å². The zero-order valence-corrected chi connectivity index (χ0v) is 11.8. The predicted octanol–water partition coefficient (Wildman–Crippen LogP) is 1.82. The van der Waals surface area contributed by atoms with E-state index in [-0.39, 0.29) is 5.91 Å². The molecular weight excluding hydrogens is 254 g/mol. The molecule has 2 aromatic rings. The smallest absolute Gasteiger partial charge is 0.223 e. The zero-order valence-electron chi connectivity index (χ0n) is 11.8. The van der Waals surface area contributed by atoms with Gasteiger partial charge in [-0.2, -0.15) is 0 Å². The third kappa shape index (κ3) is 2.99. The summed E-state index contributed by atoms with van der Waals surface area (Å²) in [5, 5.41) is 3.92. The Morgan fingerprint density at radius 2 is 2.40 bits per heavy atom. The van der Waals surface area contributed by atoms with Gasteiger partial charge in [-0.05, 0) is 18.1 Å². The van der Waals surface area contributed by atoms with Crippen molar-refractivity contribution in [1.82, 2.24) is 14.9 Å². The number of nitrogens with zero attached hydrogens (tertiary/aromatic N) is 2. The molecule has 0 aliphatic rings. The lowest BCUT2D eigenvalue weighted by atomic mass is 10.1. The number of fused-ring (bicyclic) bond motifs is 1. The molecule has 5 heteroatoms. The molecule has 20 heavy (non-hydrogen) atoms. The van der Waals surface area contributed by atoms with E-state index < -0.39 is 0 Å². The lowest BCUT2D eigenvalue weighted by Gasteiger charge is -2.03. The highest BCUT2D eigenvalue weighted by atomic mass is 16.5. The lowest BCUT2D eigenvalue weighted by Crippen LogP contribution is -2.24. The Kier molecular flexibility index (Phi) is 4.40. The normalized spacial score (nSPS) is 10.5. The Hall–Kier alpha value is -2.30. The molecule has 0 fully saturated rings. The van der Waals surface area contributed by atoms with Crippen molar-refractivity contribution in [3.05, 3.63) is 36.7 Å². The molecule has 0 spiro atoms. The number of carbonyl (C=O) groups is 1. The van der Waals surface area contributed by atoms with Crippen LogP contribution in [0.2, 0.25) is 0 Å². The number of amides is 1. The maximum absolute atomic E-state index is 11.4. The highest BCUT2D eigenvalue weighted by molar-refractivity contribution is 5.82. The Labute approximate surface area is 118 Å². The minimum atomic E-state index is -0.00376. The van der Waals surface area contributed by atoms with Gasteiger partial charge in [-0.15, -0.1) is 6.58 Å². The SMILES string of the molecule is C=CCC(=O)NCCc1cn(C)c2ncc(OC)cc12. The average Bonchev–Trinajstić information content (AvgIpc) is 2.75. The van der Waals surface area contributed by atoms with E-state index in [1.165, 1.54) is 0 Å². The molecule has 1 amide bonds. The van der Waals surface area contributed by atoms with E-state index in [9.17, 15) is 4.79 Å². The summed E-state index contributed by atoms with van der Waals surface area (Å²) in [4.78, 5) is 15.8. The summed E-state index contributed by atoms with van der Waals surface area (Å²) in [6.45, 7) is 4.14. The fourth-order valence-corrected chi connectivity index (χ4v) is 2.17. The van der Waals surface area contributed by atoms with Gasteiger partial charge in [0.15, 0.2) is 0 Å². The standard InChI is InChI=1S/C15H19N3O2/c1-4-5-14(19)16-7-6-11-10-18(2)15-13(11)8-12(20-3)9-17-15/h4,8-10H,1,5-7H2,2-3H3,(H,16,19). The van der Waals surface area contributed by atoms with Crippen molar-refractivity contribution in [1.29, 1.82) is 0 Å². The van der Waals surface area contributed by atoms with E-state index in [0.717, 1.165) is 28.8 Å². The van der Waals surface area contributed by atoms with E-state index in [4.69, 9.17) is 4.74 Å². The van der Waals surface area contributed by atoms with Crippen LogP contribution in [0.15, 0.2) is 31.1 Å². The molecule has 0 bridgehead atoms. The Morgan fingerprint density at radius 1 is 1.60 bits per heavy atom. The van der Waals surface area contributed by atoms with Crippen molar-refractivity contribution >= 4 is 16.9 Å². The maximum atomic E-state index is 11.4. The third-order valence-corrected chi connectivity index (χ3v) is 3.15. The van der Waals surface area contributed by atoms with E-state index in [1.54, 1.807) is 19.4 Å². The van der Waals surface area contributed by atoms with E-state index in [0.29, 0.717) is 13.0 Å². The minimum Gasteiger partial charge on any atom is -0.495 e. The minimum absolute atomic E-state index is 0.00376. The van der Waals surface area contributed by atoms with Gasteiger partial charge in [-0.25, -0.2) is 4.98 Å². The van der Waals surface area contributed by atoms with E-state index in [1.807, 2.05) is 23.9 Å². The van der Waals surface area contributed by atoms with E-state index >= 15 is 0 Å². The second-order valence-electron chi connectivity index (χ2n) is 4.60. The van der Waals surface area contributed by atoms with Crippen LogP contribution in [0.5, 0.6) is 5.75 Å². The molecule has 5 nitrogen and oxygen atoms in total. The van der Waals surface area contributed by atoms with E-state index in [2.05, 4.69) is 16.9 Å². The largest absolute Gasteiger partial charge is 0.495 e. The molecule has 0 saturated heterocycles. The van der Waals surface area contributed by atoms with Gasteiger partial charge in [0.2, 0.25) is 5.91 Å².